The number of hydrogen-bond donors (Lipinski definition) is 1. The Hall–Kier alpha value is -2.29. The topological polar surface area (TPSA) is 99.9 Å². The average molecular weight is 277 g/mol. The SMILES string of the molecule is CNc1nc(OC2CCOCC2)nc(-n2cncn2)n1. The number of ether oxygens (including phenoxy) is 2. The molecule has 0 amide bonds. The molecule has 1 aliphatic rings. The van der Waals surface area contributed by atoms with Crippen LogP contribution in [0.4, 0.5) is 5.95 Å². The third kappa shape index (κ3) is 2.82. The fourth-order valence-corrected chi connectivity index (χ4v) is 1.87. The number of rotatable bonds is 4. The molecular weight excluding hydrogens is 262 g/mol. The van der Waals surface area contributed by atoms with Crippen LogP contribution in [0.3, 0.4) is 0 Å². The van der Waals surface area contributed by atoms with E-state index >= 15 is 0 Å². The lowest BCUT2D eigenvalue weighted by atomic mass is 10.2. The van der Waals surface area contributed by atoms with E-state index in [1.807, 2.05) is 0 Å². The van der Waals surface area contributed by atoms with Gasteiger partial charge in [-0.3, -0.25) is 0 Å². The zero-order valence-corrected chi connectivity index (χ0v) is 11.1. The van der Waals surface area contributed by atoms with Crippen molar-refractivity contribution < 1.29 is 9.47 Å². The minimum Gasteiger partial charge on any atom is -0.460 e. The maximum atomic E-state index is 5.79. The van der Waals surface area contributed by atoms with E-state index in [4.69, 9.17) is 9.47 Å². The quantitative estimate of drug-likeness (QED) is 0.837. The number of aromatic nitrogens is 6. The molecule has 0 spiro atoms. The van der Waals surface area contributed by atoms with Gasteiger partial charge in [0.05, 0.1) is 13.2 Å². The van der Waals surface area contributed by atoms with Crippen molar-refractivity contribution in [1.82, 2.24) is 29.7 Å². The molecule has 2 aromatic heterocycles. The van der Waals surface area contributed by atoms with Crippen LogP contribution in [0.2, 0.25) is 0 Å². The Labute approximate surface area is 115 Å². The molecule has 9 nitrogen and oxygen atoms in total. The van der Waals surface area contributed by atoms with Gasteiger partial charge < -0.3 is 14.8 Å². The molecule has 0 atom stereocenters. The lowest BCUT2D eigenvalue weighted by molar-refractivity contribution is 0.0216. The molecule has 0 aromatic carbocycles. The van der Waals surface area contributed by atoms with Crippen LogP contribution in [-0.2, 0) is 4.74 Å². The molecule has 1 saturated heterocycles. The third-order valence-electron chi connectivity index (χ3n) is 2.89. The second kappa shape index (κ2) is 5.78. The van der Waals surface area contributed by atoms with E-state index in [1.54, 1.807) is 7.05 Å². The van der Waals surface area contributed by atoms with Gasteiger partial charge in [-0.05, 0) is 0 Å². The highest BCUT2D eigenvalue weighted by Gasteiger charge is 2.18. The molecule has 1 aliphatic heterocycles. The molecule has 0 bridgehead atoms. The summed E-state index contributed by atoms with van der Waals surface area (Å²) >= 11 is 0. The van der Waals surface area contributed by atoms with E-state index in [9.17, 15) is 0 Å². The van der Waals surface area contributed by atoms with Crippen molar-refractivity contribution in [2.45, 2.75) is 18.9 Å². The molecule has 1 fully saturated rings. The summed E-state index contributed by atoms with van der Waals surface area (Å²) in [4.78, 5) is 16.5. The third-order valence-corrected chi connectivity index (χ3v) is 2.89. The Morgan fingerprint density at radius 3 is 2.85 bits per heavy atom. The second-order valence-electron chi connectivity index (χ2n) is 4.26. The van der Waals surface area contributed by atoms with Gasteiger partial charge in [0, 0.05) is 19.9 Å². The summed E-state index contributed by atoms with van der Waals surface area (Å²) in [6.45, 7) is 1.40. The Balaban J connectivity index is 1.84. The number of hydrogen-bond acceptors (Lipinski definition) is 8. The van der Waals surface area contributed by atoms with Gasteiger partial charge in [0.1, 0.15) is 18.8 Å². The maximum absolute atomic E-state index is 5.79. The van der Waals surface area contributed by atoms with E-state index in [-0.39, 0.29) is 12.1 Å². The molecule has 3 heterocycles. The van der Waals surface area contributed by atoms with Crippen molar-refractivity contribution in [3.8, 4) is 12.0 Å². The van der Waals surface area contributed by atoms with E-state index in [0.717, 1.165) is 12.8 Å². The summed E-state index contributed by atoms with van der Waals surface area (Å²) in [5, 5.41) is 6.88. The zero-order valence-electron chi connectivity index (χ0n) is 11.1. The molecule has 106 valence electrons. The van der Waals surface area contributed by atoms with Gasteiger partial charge in [-0.25, -0.2) is 4.98 Å². The fourth-order valence-electron chi connectivity index (χ4n) is 1.87. The number of anilines is 1. The predicted octanol–water partition coefficient (Wildman–Crippen LogP) is 0.0518. The molecule has 0 aliphatic carbocycles. The summed E-state index contributed by atoms with van der Waals surface area (Å²) in [7, 11) is 1.73. The van der Waals surface area contributed by atoms with E-state index in [2.05, 4.69) is 30.4 Å². The van der Waals surface area contributed by atoms with Gasteiger partial charge in [-0.2, -0.15) is 24.7 Å². The summed E-state index contributed by atoms with van der Waals surface area (Å²) in [6.07, 6.45) is 4.67. The van der Waals surface area contributed by atoms with Crippen molar-refractivity contribution in [2.75, 3.05) is 25.6 Å². The van der Waals surface area contributed by atoms with E-state index in [0.29, 0.717) is 25.1 Å². The van der Waals surface area contributed by atoms with Crippen LogP contribution in [0.25, 0.3) is 5.95 Å². The van der Waals surface area contributed by atoms with Crippen LogP contribution in [0.1, 0.15) is 12.8 Å². The molecule has 2 aromatic rings. The van der Waals surface area contributed by atoms with Gasteiger partial charge in [0.15, 0.2) is 0 Å². The highest BCUT2D eigenvalue weighted by Crippen LogP contribution is 2.16. The second-order valence-corrected chi connectivity index (χ2v) is 4.26. The number of nitrogens with zero attached hydrogens (tertiary/aromatic N) is 6. The monoisotopic (exact) mass is 277 g/mol. The van der Waals surface area contributed by atoms with Gasteiger partial charge in [-0.1, -0.05) is 0 Å². The molecule has 0 radical (unpaired) electrons. The van der Waals surface area contributed by atoms with Crippen molar-refractivity contribution in [1.29, 1.82) is 0 Å². The minimum atomic E-state index is 0.0689. The average Bonchev–Trinajstić information content (AvgIpc) is 3.02. The molecule has 1 N–H and O–H groups in total. The van der Waals surface area contributed by atoms with Gasteiger partial charge in [0.25, 0.3) is 5.95 Å². The Morgan fingerprint density at radius 2 is 2.15 bits per heavy atom. The standard InChI is InChI=1S/C11H15N7O2/c1-12-9-15-10(18-7-13-6-14-18)17-11(16-9)20-8-2-4-19-5-3-8/h6-8H,2-5H2,1H3,(H,12,15,16,17). The summed E-state index contributed by atoms with van der Waals surface area (Å²) in [5.41, 5.74) is 0. The van der Waals surface area contributed by atoms with Gasteiger partial charge in [0.2, 0.25) is 5.95 Å². The van der Waals surface area contributed by atoms with Gasteiger partial charge >= 0.3 is 6.01 Å². The minimum absolute atomic E-state index is 0.0689. The van der Waals surface area contributed by atoms with Crippen molar-refractivity contribution in [2.24, 2.45) is 0 Å². The first-order valence-electron chi connectivity index (χ1n) is 6.38. The van der Waals surface area contributed by atoms with Crippen LogP contribution in [0, 0.1) is 0 Å². The molecular formula is C11H15N7O2. The summed E-state index contributed by atoms with van der Waals surface area (Å²) < 4.78 is 12.5. The highest BCUT2D eigenvalue weighted by molar-refractivity contribution is 5.28. The normalized spacial score (nSPS) is 16.1. The van der Waals surface area contributed by atoms with Crippen molar-refractivity contribution in [3.05, 3.63) is 12.7 Å². The predicted molar refractivity (Wildman–Crippen MR) is 68.8 cm³/mol. The fraction of sp³-hybridized carbons (Fsp3) is 0.545. The smallest absolute Gasteiger partial charge is 0.323 e. The van der Waals surface area contributed by atoms with Crippen LogP contribution in [0.15, 0.2) is 12.7 Å². The molecule has 20 heavy (non-hydrogen) atoms. The molecule has 0 unspecified atom stereocenters. The highest BCUT2D eigenvalue weighted by atomic mass is 16.5. The first-order valence-corrected chi connectivity index (χ1v) is 6.38. The first-order chi connectivity index (χ1) is 9.85. The molecule has 3 rings (SSSR count). The largest absolute Gasteiger partial charge is 0.460 e. The lowest BCUT2D eigenvalue weighted by Gasteiger charge is -2.22. The van der Waals surface area contributed by atoms with Crippen LogP contribution >= 0.6 is 0 Å². The van der Waals surface area contributed by atoms with Gasteiger partial charge in [-0.15, -0.1) is 0 Å². The van der Waals surface area contributed by atoms with Crippen molar-refractivity contribution in [3.63, 3.8) is 0 Å². The van der Waals surface area contributed by atoms with Crippen LogP contribution in [-0.4, -0.2) is 56.1 Å². The Bertz CT molecular complexity index is 554. The molecule has 9 heteroatoms. The number of nitrogens with one attached hydrogen (secondary N) is 1. The summed E-state index contributed by atoms with van der Waals surface area (Å²) in [6, 6.07) is 0.279. The van der Waals surface area contributed by atoms with Crippen molar-refractivity contribution >= 4 is 5.95 Å². The van der Waals surface area contributed by atoms with Crippen LogP contribution in [0.5, 0.6) is 6.01 Å². The summed E-state index contributed by atoms with van der Waals surface area (Å²) in [5.74, 6) is 0.788. The van der Waals surface area contributed by atoms with Crippen LogP contribution < -0.4 is 10.1 Å². The lowest BCUT2D eigenvalue weighted by Crippen LogP contribution is -2.27. The Kier molecular flexibility index (Phi) is 3.68. The maximum Gasteiger partial charge on any atom is 0.323 e. The zero-order chi connectivity index (χ0) is 13.8. The Morgan fingerprint density at radius 1 is 1.30 bits per heavy atom. The van der Waals surface area contributed by atoms with E-state index in [1.165, 1.54) is 17.3 Å². The molecule has 0 saturated carbocycles. The first kappa shape index (κ1) is 12.7. The van der Waals surface area contributed by atoms with E-state index < -0.39 is 0 Å².